The first kappa shape index (κ1) is 36.4. The number of benzene rings is 6. The number of ether oxygens (including phenoxy) is 2. The predicted octanol–water partition coefficient (Wildman–Crippen LogP) is 10.2. The van der Waals surface area contributed by atoms with Crippen LogP contribution in [0.4, 0.5) is 32.4 Å². The number of rotatable bonds is 10. The van der Waals surface area contributed by atoms with E-state index < -0.39 is 58.7 Å². The lowest BCUT2D eigenvalue weighted by Gasteiger charge is -2.30. The number of hydrogen-bond acceptors (Lipinski definition) is 5. The van der Waals surface area contributed by atoms with Crippen molar-refractivity contribution in [1.82, 2.24) is 0 Å². The molecule has 0 spiro atoms. The van der Waals surface area contributed by atoms with E-state index in [1.54, 1.807) is 12.1 Å². The quantitative estimate of drug-likeness (QED) is 0.0288. The Balaban J connectivity index is 1.28. The van der Waals surface area contributed by atoms with Gasteiger partial charge in [-0.15, -0.1) is 0 Å². The smallest absolute Gasteiger partial charge is 0.415 e. The Labute approximate surface area is 313 Å². The molecule has 0 aliphatic heterocycles. The van der Waals surface area contributed by atoms with Gasteiger partial charge in [-0.1, -0.05) is 121 Å². The lowest BCUT2D eigenvalue weighted by molar-refractivity contribution is -0.135. The molecule has 0 N–H and O–H groups in total. The zero-order chi connectivity index (χ0) is 37.9. The monoisotopic (exact) mass is 751 g/mol. The molecule has 0 aromatic heterocycles. The average Bonchev–Trinajstić information content (AvgIpc) is 3.53. The average molecular weight is 752 g/mol. The number of carbonyl (C=O) groups is 2. The maximum Gasteiger partial charge on any atom is 0.415 e. The molecular formula is C43H30F5NO4S. The van der Waals surface area contributed by atoms with Crippen LogP contribution >= 0.6 is 12.6 Å². The van der Waals surface area contributed by atoms with Crippen LogP contribution in [0.1, 0.15) is 39.7 Å². The SMILES string of the molecule is O=C(Oc1c(F)c(F)c(F)c(F)c1F)[C@H](CS)N(C(=O)OCC1c2ccccc2-c2ccccc21)c1cccc(C(c2ccccc2)c2ccccc2)c1. The molecule has 1 amide bonds. The van der Waals surface area contributed by atoms with Crippen LogP contribution in [0.15, 0.2) is 133 Å². The van der Waals surface area contributed by atoms with E-state index in [2.05, 4.69) is 12.6 Å². The Morgan fingerprint density at radius 1 is 0.611 bits per heavy atom. The van der Waals surface area contributed by atoms with Crippen molar-refractivity contribution in [3.05, 3.63) is 190 Å². The van der Waals surface area contributed by atoms with E-state index in [1.165, 1.54) is 6.07 Å². The third-order valence-electron chi connectivity index (χ3n) is 9.41. The number of anilines is 1. The van der Waals surface area contributed by atoms with Crippen LogP contribution < -0.4 is 9.64 Å². The van der Waals surface area contributed by atoms with Crippen LogP contribution in [-0.2, 0) is 9.53 Å². The van der Waals surface area contributed by atoms with Crippen LogP contribution in [0.2, 0.25) is 0 Å². The summed E-state index contributed by atoms with van der Waals surface area (Å²) in [6.07, 6.45) is -1.04. The Morgan fingerprint density at radius 3 is 1.63 bits per heavy atom. The van der Waals surface area contributed by atoms with Gasteiger partial charge in [0, 0.05) is 23.3 Å². The van der Waals surface area contributed by atoms with Gasteiger partial charge in [-0.3, -0.25) is 4.90 Å². The fourth-order valence-corrected chi connectivity index (χ4v) is 7.22. The Morgan fingerprint density at radius 2 is 1.09 bits per heavy atom. The summed E-state index contributed by atoms with van der Waals surface area (Å²) < 4.78 is 82.2. The van der Waals surface area contributed by atoms with Gasteiger partial charge in [0.05, 0.1) is 0 Å². The molecule has 0 heterocycles. The number of halogens is 5. The molecule has 6 aromatic rings. The largest absolute Gasteiger partial charge is 0.448 e. The first-order chi connectivity index (χ1) is 26.2. The summed E-state index contributed by atoms with van der Waals surface area (Å²) in [5, 5.41) is 0. The normalized spacial score (nSPS) is 12.6. The molecule has 6 aromatic carbocycles. The molecule has 0 radical (unpaired) electrons. The first-order valence-electron chi connectivity index (χ1n) is 16.9. The van der Waals surface area contributed by atoms with Crippen LogP contribution in [-0.4, -0.2) is 30.5 Å². The van der Waals surface area contributed by atoms with E-state index in [-0.39, 0.29) is 24.1 Å². The van der Waals surface area contributed by atoms with Crippen molar-refractivity contribution in [1.29, 1.82) is 0 Å². The molecule has 11 heteroatoms. The van der Waals surface area contributed by atoms with Gasteiger partial charge in [-0.2, -0.15) is 21.4 Å². The third kappa shape index (κ3) is 6.82. The molecule has 1 aliphatic carbocycles. The molecule has 0 bridgehead atoms. The highest BCUT2D eigenvalue weighted by Crippen LogP contribution is 2.45. The van der Waals surface area contributed by atoms with E-state index >= 15 is 0 Å². The number of carbonyl (C=O) groups excluding carboxylic acids is 2. The maximum atomic E-state index is 14.7. The molecule has 0 saturated carbocycles. The van der Waals surface area contributed by atoms with Crippen LogP contribution in [0.25, 0.3) is 11.1 Å². The standard InChI is InChI=1S/C43H30F5NO4S/c44-36-37(45)39(47)41(40(48)38(36)46)53-42(50)34(24-54)49(43(51)52-23-33-31-20-9-7-18-29(31)30-19-8-10-21-32(30)33)28-17-11-16-27(22-28)35(25-12-3-1-4-13-25)26-14-5-2-6-15-26/h1-22,33-35,54H,23-24H2/t34-/m0/s1. The van der Waals surface area contributed by atoms with Gasteiger partial charge in [0.2, 0.25) is 34.8 Å². The minimum absolute atomic E-state index is 0.120. The lowest BCUT2D eigenvalue weighted by Crippen LogP contribution is -2.49. The number of hydrogen-bond donors (Lipinski definition) is 1. The molecule has 0 fully saturated rings. The third-order valence-corrected chi connectivity index (χ3v) is 9.76. The molecule has 272 valence electrons. The van der Waals surface area contributed by atoms with Crippen LogP contribution in [0.3, 0.4) is 0 Å². The van der Waals surface area contributed by atoms with Crippen LogP contribution in [0, 0.1) is 29.1 Å². The molecule has 0 saturated heterocycles. The van der Waals surface area contributed by atoms with Crippen molar-refractivity contribution >= 4 is 30.4 Å². The van der Waals surface area contributed by atoms with Crippen molar-refractivity contribution in [2.75, 3.05) is 17.3 Å². The topological polar surface area (TPSA) is 55.8 Å². The van der Waals surface area contributed by atoms with E-state index in [1.807, 2.05) is 115 Å². The van der Waals surface area contributed by atoms with Gasteiger partial charge >= 0.3 is 12.1 Å². The molecule has 54 heavy (non-hydrogen) atoms. The second kappa shape index (κ2) is 15.6. The fraction of sp³-hybridized carbons (Fsp3) is 0.116. The van der Waals surface area contributed by atoms with E-state index in [0.717, 1.165) is 38.3 Å². The van der Waals surface area contributed by atoms with Crippen molar-refractivity contribution < 1.29 is 41.0 Å². The van der Waals surface area contributed by atoms with Gasteiger partial charge in [-0.25, -0.2) is 22.8 Å². The Kier molecular flexibility index (Phi) is 10.5. The predicted molar refractivity (Wildman–Crippen MR) is 197 cm³/mol. The van der Waals surface area contributed by atoms with Crippen molar-refractivity contribution in [3.63, 3.8) is 0 Å². The zero-order valence-electron chi connectivity index (χ0n) is 28.3. The highest BCUT2D eigenvalue weighted by molar-refractivity contribution is 7.80. The van der Waals surface area contributed by atoms with Gasteiger partial charge < -0.3 is 9.47 Å². The number of nitrogens with zero attached hydrogens (tertiary/aromatic N) is 1. The van der Waals surface area contributed by atoms with Gasteiger partial charge in [0.25, 0.3) is 0 Å². The second-order valence-corrected chi connectivity index (χ2v) is 12.9. The molecule has 5 nitrogen and oxygen atoms in total. The summed E-state index contributed by atoms with van der Waals surface area (Å²) in [6.45, 7) is -0.161. The van der Waals surface area contributed by atoms with Crippen molar-refractivity contribution in [2.45, 2.75) is 17.9 Å². The second-order valence-electron chi connectivity index (χ2n) is 12.5. The zero-order valence-corrected chi connectivity index (χ0v) is 29.2. The summed E-state index contributed by atoms with van der Waals surface area (Å²) in [4.78, 5) is 29.0. The summed E-state index contributed by atoms with van der Waals surface area (Å²) in [6, 6.07) is 39.4. The van der Waals surface area contributed by atoms with E-state index in [9.17, 15) is 31.5 Å². The van der Waals surface area contributed by atoms with E-state index in [4.69, 9.17) is 9.47 Å². The Bertz CT molecular complexity index is 2230. The fourth-order valence-electron chi connectivity index (χ4n) is 6.90. The summed E-state index contributed by atoms with van der Waals surface area (Å²) >= 11 is 4.28. The van der Waals surface area contributed by atoms with E-state index in [0.29, 0.717) is 5.56 Å². The molecular weight excluding hydrogens is 722 g/mol. The summed E-state index contributed by atoms with van der Waals surface area (Å²) in [7, 11) is 0. The first-order valence-corrected chi connectivity index (χ1v) is 17.5. The maximum absolute atomic E-state index is 14.7. The molecule has 1 atom stereocenters. The van der Waals surface area contributed by atoms with Gasteiger partial charge in [-0.05, 0) is 51.1 Å². The number of thiol groups is 1. The van der Waals surface area contributed by atoms with Gasteiger partial charge in [0.15, 0.2) is 0 Å². The minimum Gasteiger partial charge on any atom is -0.448 e. The highest BCUT2D eigenvalue weighted by Gasteiger charge is 2.38. The summed E-state index contributed by atoms with van der Waals surface area (Å²) in [5.41, 5.74) is 6.46. The molecule has 7 rings (SSSR count). The molecule has 0 unspecified atom stereocenters. The summed E-state index contributed by atoms with van der Waals surface area (Å²) in [5.74, 6) is -16.2. The minimum atomic E-state index is -2.42. The lowest BCUT2D eigenvalue weighted by atomic mass is 9.85. The van der Waals surface area contributed by atoms with Gasteiger partial charge in [0.1, 0.15) is 12.6 Å². The number of esters is 1. The number of amides is 1. The van der Waals surface area contributed by atoms with Crippen molar-refractivity contribution in [3.8, 4) is 16.9 Å². The molecule has 1 aliphatic rings. The number of fused-ring (bicyclic) bond motifs is 3. The highest BCUT2D eigenvalue weighted by atomic mass is 32.1. The Hall–Kier alpha value is -5.94. The van der Waals surface area contributed by atoms with Crippen molar-refractivity contribution in [2.24, 2.45) is 0 Å². The van der Waals surface area contributed by atoms with Crippen LogP contribution in [0.5, 0.6) is 5.75 Å².